The van der Waals surface area contributed by atoms with Crippen LogP contribution in [0.4, 0.5) is 12.9 Å². The van der Waals surface area contributed by atoms with Crippen LogP contribution in [0, 0.1) is 0 Å². The van der Waals surface area contributed by atoms with Crippen molar-refractivity contribution < 1.29 is 12.9 Å². The summed E-state index contributed by atoms with van der Waals surface area (Å²) in [6, 6.07) is 0. The first-order valence-electron chi connectivity index (χ1n) is 2.00. The fourth-order valence-corrected chi connectivity index (χ4v) is 0. The molecular formula is C3H9BF3N. The topological polar surface area (TPSA) is 3.24 Å². The number of nitrogens with zero attached hydrogens (tertiary/aromatic N) is 1. The fraction of sp³-hybridized carbons (Fsp3) is 1.00. The predicted octanol–water partition coefficient (Wildman–Crippen LogP) is 1.06. The van der Waals surface area contributed by atoms with Crippen molar-refractivity contribution >= 4 is 7.54 Å². The summed E-state index contributed by atoms with van der Waals surface area (Å²) in [7, 11) is 2.33. The maximum absolute atomic E-state index is 9.67. The molecule has 0 aromatic carbocycles. The third-order valence-corrected chi connectivity index (χ3v) is 0. The minimum Gasteiger partial charge on any atom is -0.312 e. The lowest BCUT2D eigenvalue weighted by Gasteiger charge is -1.90. The fourth-order valence-electron chi connectivity index (χ4n) is 0. The highest BCUT2D eigenvalue weighted by atomic mass is 19.4. The molecule has 8 heavy (non-hydrogen) atoms. The number of hydrogen-bond acceptors (Lipinski definition) is 1. The summed E-state index contributed by atoms with van der Waals surface area (Å²) < 4.78 is 29.0. The van der Waals surface area contributed by atoms with Gasteiger partial charge in [0.05, 0.1) is 0 Å². The van der Waals surface area contributed by atoms with Crippen molar-refractivity contribution in [1.82, 2.24) is 4.90 Å². The van der Waals surface area contributed by atoms with Crippen LogP contribution in [0.1, 0.15) is 0 Å². The van der Waals surface area contributed by atoms with E-state index in [1.165, 1.54) is 0 Å². The first-order valence-corrected chi connectivity index (χ1v) is 2.00. The van der Waals surface area contributed by atoms with Gasteiger partial charge in [0, 0.05) is 0 Å². The zero-order valence-electron chi connectivity index (χ0n) is 5.16. The third kappa shape index (κ3) is 3940. The van der Waals surface area contributed by atoms with Gasteiger partial charge in [-0.1, -0.05) is 0 Å². The molecular weight excluding hydrogens is 118 g/mol. The van der Waals surface area contributed by atoms with Crippen molar-refractivity contribution in [3.8, 4) is 0 Å². The van der Waals surface area contributed by atoms with E-state index in [0.717, 1.165) is 0 Å². The van der Waals surface area contributed by atoms with Crippen molar-refractivity contribution in [2.45, 2.75) is 0 Å². The molecule has 0 aromatic rings. The molecule has 0 spiro atoms. The second kappa shape index (κ2) is 6.81. The van der Waals surface area contributed by atoms with E-state index in [0.29, 0.717) is 0 Å². The maximum Gasteiger partial charge on any atom is 0.762 e. The summed E-state index contributed by atoms with van der Waals surface area (Å²) in [5.41, 5.74) is 0. The number of hydrogen-bond donors (Lipinski definition) is 0. The molecule has 0 unspecified atom stereocenters. The van der Waals surface area contributed by atoms with Gasteiger partial charge in [0.2, 0.25) is 0 Å². The Bertz CT molecular complexity index is 30.0. The van der Waals surface area contributed by atoms with E-state index in [1.54, 1.807) is 0 Å². The van der Waals surface area contributed by atoms with Crippen molar-refractivity contribution in [2.24, 2.45) is 0 Å². The van der Waals surface area contributed by atoms with Gasteiger partial charge in [-0.3, -0.25) is 12.9 Å². The highest BCUT2D eigenvalue weighted by Gasteiger charge is 2.06. The summed E-state index contributed by atoms with van der Waals surface area (Å²) in [5, 5.41) is 0. The quantitative estimate of drug-likeness (QED) is 0.439. The van der Waals surface area contributed by atoms with Crippen LogP contribution in [-0.4, -0.2) is 33.6 Å². The van der Waals surface area contributed by atoms with Gasteiger partial charge in [-0.05, 0) is 21.1 Å². The van der Waals surface area contributed by atoms with E-state index >= 15 is 0 Å². The van der Waals surface area contributed by atoms with Crippen LogP contribution in [0.5, 0.6) is 0 Å². The number of rotatable bonds is 0. The molecule has 0 saturated carbocycles. The molecule has 0 bridgehead atoms. The van der Waals surface area contributed by atoms with Gasteiger partial charge in [0.25, 0.3) is 0 Å². The lowest BCUT2D eigenvalue weighted by atomic mass is 10.5. The predicted molar refractivity (Wildman–Crippen MR) is 28.7 cm³/mol. The van der Waals surface area contributed by atoms with Gasteiger partial charge in [-0.25, -0.2) is 0 Å². The molecule has 0 radical (unpaired) electrons. The highest BCUT2D eigenvalue weighted by molar-refractivity contribution is 6.33. The molecule has 0 rings (SSSR count). The van der Waals surface area contributed by atoms with Crippen LogP contribution in [0.2, 0.25) is 0 Å². The monoisotopic (exact) mass is 127 g/mol. The van der Waals surface area contributed by atoms with Gasteiger partial charge >= 0.3 is 7.54 Å². The summed E-state index contributed by atoms with van der Waals surface area (Å²) >= 11 is 0. The van der Waals surface area contributed by atoms with Gasteiger partial charge < -0.3 is 4.90 Å². The molecule has 0 atom stereocenters. The van der Waals surface area contributed by atoms with Gasteiger partial charge in [0.1, 0.15) is 0 Å². The zero-order valence-corrected chi connectivity index (χ0v) is 5.16. The second-order valence-electron chi connectivity index (χ2n) is 1.59. The largest absolute Gasteiger partial charge is 0.762 e. The van der Waals surface area contributed by atoms with Gasteiger partial charge in [0.15, 0.2) is 0 Å². The van der Waals surface area contributed by atoms with E-state index in [-0.39, 0.29) is 0 Å². The zero-order chi connectivity index (χ0) is 7.15. The van der Waals surface area contributed by atoms with E-state index in [1.807, 2.05) is 26.0 Å². The highest BCUT2D eigenvalue weighted by Crippen LogP contribution is 1.80. The van der Waals surface area contributed by atoms with Crippen LogP contribution in [-0.2, 0) is 0 Å². The smallest absolute Gasteiger partial charge is 0.312 e. The Balaban J connectivity index is 0. The molecule has 0 heterocycles. The molecule has 0 N–H and O–H groups in total. The minimum atomic E-state index is -3.67. The molecule has 0 aliphatic heterocycles. The second-order valence-corrected chi connectivity index (χ2v) is 1.59. The van der Waals surface area contributed by atoms with Crippen LogP contribution in [0.3, 0.4) is 0 Å². The van der Waals surface area contributed by atoms with Gasteiger partial charge in [-0.15, -0.1) is 0 Å². The first-order chi connectivity index (χ1) is 3.46. The summed E-state index contributed by atoms with van der Waals surface area (Å²) in [5.74, 6) is 0. The average Bonchev–Trinajstić information content (AvgIpc) is 1.25. The molecule has 0 amide bonds. The van der Waals surface area contributed by atoms with Crippen LogP contribution < -0.4 is 0 Å². The molecule has 5 heteroatoms. The lowest BCUT2D eigenvalue weighted by molar-refractivity contribution is 0.505. The third-order valence-electron chi connectivity index (χ3n) is 0. The van der Waals surface area contributed by atoms with Crippen LogP contribution in [0.15, 0.2) is 0 Å². The van der Waals surface area contributed by atoms with Crippen molar-refractivity contribution in [1.29, 1.82) is 0 Å². The Morgan fingerprint density at radius 2 is 1.00 bits per heavy atom. The Hall–Kier alpha value is -0.185. The Morgan fingerprint density at radius 1 is 1.00 bits per heavy atom. The molecule has 1 nitrogen and oxygen atoms in total. The van der Waals surface area contributed by atoms with Crippen molar-refractivity contribution in [3.63, 3.8) is 0 Å². The Kier molecular flexibility index (Phi) is 9.14. The molecule has 0 aliphatic carbocycles. The summed E-state index contributed by atoms with van der Waals surface area (Å²) in [6.07, 6.45) is 0. The molecule has 50 valence electrons. The van der Waals surface area contributed by atoms with E-state index in [9.17, 15) is 12.9 Å². The Labute approximate surface area is 47.7 Å². The average molecular weight is 127 g/mol. The van der Waals surface area contributed by atoms with Crippen LogP contribution in [0.25, 0.3) is 0 Å². The molecule has 0 aliphatic rings. The standard InChI is InChI=1S/C3H9N.BF3/c1-4(2)3;2-1(3)4/h1-3H3;. The van der Waals surface area contributed by atoms with Gasteiger partial charge in [-0.2, -0.15) is 0 Å². The minimum absolute atomic E-state index is 2.00. The van der Waals surface area contributed by atoms with E-state index in [4.69, 9.17) is 0 Å². The summed E-state index contributed by atoms with van der Waals surface area (Å²) in [6.45, 7) is 0. The maximum atomic E-state index is 9.67. The molecule has 0 fully saturated rings. The Morgan fingerprint density at radius 3 is 1.00 bits per heavy atom. The lowest BCUT2D eigenvalue weighted by Crippen LogP contribution is -1.99. The van der Waals surface area contributed by atoms with Crippen molar-refractivity contribution in [2.75, 3.05) is 21.1 Å². The van der Waals surface area contributed by atoms with Crippen LogP contribution >= 0.6 is 0 Å². The number of halogens is 3. The first kappa shape index (κ1) is 10.7. The molecule has 0 saturated heterocycles. The normalized spacial score (nSPS) is 7.88. The van der Waals surface area contributed by atoms with E-state index in [2.05, 4.69) is 0 Å². The SMILES string of the molecule is CN(C)C.FB(F)F. The summed E-state index contributed by atoms with van der Waals surface area (Å²) in [4.78, 5) is 2.00. The van der Waals surface area contributed by atoms with Crippen molar-refractivity contribution in [3.05, 3.63) is 0 Å². The molecule has 0 aromatic heterocycles. The van der Waals surface area contributed by atoms with E-state index < -0.39 is 7.54 Å².